The average Bonchev–Trinajstić information content (AvgIpc) is 2.33. The van der Waals surface area contributed by atoms with Gasteiger partial charge < -0.3 is 0 Å². The van der Waals surface area contributed by atoms with Crippen molar-refractivity contribution in [2.24, 2.45) is 0 Å². The summed E-state index contributed by atoms with van der Waals surface area (Å²) in [5.41, 5.74) is 2.67. The maximum atomic E-state index is 5.56. The Hall–Kier alpha value is 0.210. The summed E-state index contributed by atoms with van der Waals surface area (Å²) >= 11 is 12.6. The molecular weight excluding hydrogens is 177 g/mol. The number of hydrogen-bond donors (Lipinski definition) is 0. The van der Waals surface area contributed by atoms with Crippen LogP contribution in [0, 0.1) is 0 Å². The lowest BCUT2D eigenvalue weighted by Gasteiger charge is -1.88. The number of nitrogens with zero attached hydrogens (tertiary/aromatic N) is 1. The van der Waals surface area contributed by atoms with Gasteiger partial charge >= 0.3 is 0 Å². The van der Waals surface area contributed by atoms with Gasteiger partial charge in [-0.3, -0.25) is 0 Å². The first-order valence-corrected chi connectivity index (χ1v) is 4.36. The molecule has 0 saturated heterocycles. The van der Waals surface area contributed by atoms with Crippen molar-refractivity contribution < 1.29 is 0 Å². The average molecular weight is 182 g/mol. The number of hydrogen-bond acceptors (Lipinski definition) is 2. The maximum absolute atomic E-state index is 5.56. The van der Waals surface area contributed by atoms with Crippen molar-refractivity contribution in [3.05, 3.63) is 16.1 Å². The first kappa shape index (κ1) is 7.32. The second-order valence-corrected chi connectivity index (χ2v) is 2.96. The highest BCUT2D eigenvalue weighted by Crippen LogP contribution is 2.16. The fourth-order valence-corrected chi connectivity index (χ4v) is 1.80. The van der Waals surface area contributed by atoms with Crippen molar-refractivity contribution in [1.29, 1.82) is 0 Å². The van der Waals surface area contributed by atoms with Crippen LogP contribution in [0.1, 0.15) is 10.6 Å². The molecule has 1 aromatic rings. The molecule has 0 aliphatic carbocycles. The molecule has 0 saturated carbocycles. The molecule has 9 heavy (non-hydrogen) atoms. The Bertz CT molecular complexity index is 168. The molecule has 0 unspecified atom stereocenters. The van der Waals surface area contributed by atoms with E-state index in [0.717, 1.165) is 10.6 Å². The Morgan fingerprint density at radius 1 is 1.44 bits per heavy atom. The van der Waals surface area contributed by atoms with Gasteiger partial charge in [0.2, 0.25) is 0 Å². The topological polar surface area (TPSA) is 12.9 Å². The number of rotatable bonds is 2. The van der Waals surface area contributed by atoms with Crippen LogP contribution in [0.2, 0.25) is 0 Å². The molecule has 0 fully saturated rings. The van der Waals surface area contributed by atoms with Crippen molar-refractivity contribution in [1.82, 2.24) is 4.98 Å². The molecular formula is C5H5Cl2NS. The van der Waals surface area contributed by atoms with Crippen molar-refractivity contribution in [2.75, 3.05) is 0 Å². The zero-order chi connectivity index (χ0) is 6.69. The highest BCUT2D eigenvalue weighted by Gasteiger charge is 2.01. The minimum absolute atomic E-state index is 0.464. The molecule has 0 aliphatic heterocycles. The largest absolute Gasteiger partial charge is 0.248 e. The Balaban J connectivity index is 2.85. The number of alkyl halides is 2. The van der Waals surface area contributed by atoms with Crippen molar-refractivity contribution in [3.8, 4) is 0 Å². The van der Waals surface area contributed by atoms with Gasteiger partial charge in [-0.2, -0.15) is 0 Å². The van der Waals surface area contributed by atoms with Crippen LogP contribution in [0.4, 0.5) is 0 Å². The van der Waals surface area contributed by atoms with Crippen LogP contribution in [0.15, 0.2) is 5.51 Å². The maximum Gasteiger partial charge on any atom is 0.0798 e. The molecule has 1 nitrogen and oxygen atoms in total. The molecule has 50 valence electrons. The monoisotopic (exact) mass is 181 g/mol. The van der Waals surface area contributed by atoms with Crippen molar-refractivity contribution in [3.63, 3.8) is 0 Å². The zero-order valence-electron chi connectivity index (χ0n) is 4.60. The van der Waals surface area contributed by atoms with E-state index in [0.29, 0.717) is 11.8 Å². The predicted molar refractivity (Wildman–Crippen MR) is 41.2 cm³/mol. The molecule has 0 amide bonds. The third-order valence-corrected chi connectivity index (χ3v) is 2.53. The van der Waals surface area contributed by atoms with E-state index >= 15 is 0 Å². The molecule has 4 heteroatoms. The van der Waals surface area contributed by atoms with E-state index < -0.39 is 0 Å². The van der Waals surface area contributed by atoms with Gasteiger partial charge in [0.05, 0.1) is 23.0 Å². The van der Waals surface area contributed by atoms with E-state index in [2.05, 4.69) is 4.98 Å². The first-order chi connectivity index (χ1) is 4.38. The van der Waals surface area contributed by atoms with Crippen LogP contribution in [0.5, 0.6) is 0 Å². The number of aromatic nitrogens is 1. The fraction of sp³-hybridized carbons (Fsp3) is 0.400. The molecule has 0 N–H and O–H groups in total. The lowest BCUT2D eigenvalue weighted by molar-refractivity contribution is 1.18. The third kappa shape index (κ3) is 1.57. The molecule has 1 rings (SSSR count). The summed E-state index contributed by atoms with van der Waals surface area (Å²) in [6, 6.07) is 0. The lowest BCUT2D eigenvalue weighted by Crippen LogP contribution is -1.81. The molecule has 0 aliphatic rings. The van der Waals surface area contributed by atoms with Crippen LogP contribution in [-0.2, 0) is 11.8 Å². The highest BCUT2D eigenvalue weighted by molar-refractivity contribution is 7.10. The van der Waals surface area contributed by atoms with Crippen LogP contribution >= 0.6 is 34.5 Å². The molecule has 1 aromatic heterocycles. The van der Waals surface area contributed by atoms with Crippen LogP contribution in [-0.4, -0.2) is 4.98 Å². The summed E-state index contributed by atoms with van der Waals surface area (Å²) in [6.45, 7) is 0. The van der Waals surface area contributed by atoms with E-state index in [1.807, 2.05) is 0 Å². The smallest absolute Gasteiger partial charge is 0.0798 e. The van der Waals surface area contributed by atoms with Crippen molar-refractivity contribution in [2.45, 2.75) is 11.8 Å². The van der Waals surface area contributed by atoms with Crippen LogP contribution in [0.3, 0.4) is 0 Å². The van der Waals surface area contributed by atoms with Gasteiger partial charge in [0, 0.05) is 4.88 Å². The molecule has 0 atom stereocenters. The van der Waals surface area contributed by atoms with E-state index in [9.17, 15) is 0 Å². The van der Waals surface area contributed by atoms with Gasteiger partial charge in [-0.1, -0.05) is 0 Å². The first-order valence-electron chi connectivity index (χ1n) is 2.41. The SMILES string of the molecule is ClCc1ncsc1CCl. The van der Waals surface area contributed by atoms with E-state index in [4.69, 9.17) is 23.2 Å². The molecule has 0 radical (unpaired) electrons. The van der Waals surface area contributed by atoms with Crippen molar-refractivity contribution >= 4 is 34.5 Å². The predicted octanol–water partition coefficient (Wildman–Crippen LogP) is 2.62. The minimum Gasteiger partial charge on any atom is -0.248 e. The van der Waals surface area contributed by atoms with Crippen LogP contribution in [0.25, 0.3) is 0 Å². The standard InChI is InChI=1S/C5H5Cl2NS/c6-1-4-5(2-7)9-3-8-4/h3H,1-2H2. The van der Waals surface area contributed by atoms with Gasteiger partial charge in [-0.05, 0) is 0 Å². The Morgan fingerprint density at radius 3 is 2.67 bits per heavy atom. The number of halogens is 2. The van der Waals surface area contributed by atoms with Gasteiger partial charge in [-0.15, -0.1) is 34.5 Å². The summed E-state index contributed by atoms with van der Waals surface area (Å²) in [5, 5.41) is 0. The summed E-state index contributed by atoms with van der Waals surface area (Å²) in [5.74, 6) is 0.984. The van der Waals surface area contributed by atoms with Gasteiger partial charge in [0.25, 0.3) is 0 Å². The summed E-state index contributed by atoms with van der Waals surface area (Å²) in [4.78, 5) is 5.08. The fourth-order valence-electron chi connectivity index (χ4n) is 0.511. The quantitative estimate of drug-likeness (QED) is 0.640. The summed E-state index contributed by atoms with van der Waals surface area (Å²) in [7, 11) is 0. The van der Waals surface area contributed by atoms with Gasteiger partial charge in [-0.25, -0.2) is 4.98 Å². The van der Waals surface area contributed by atoms with Gasteiger partial charge in [0.1, 0.15) is 0 Å². The summed E-state index contributed by atoms with van der Waals surface area (Å²) < 4.78 is 0. The Kier molecular flexibility index (Phi) is 2.76. The minimum atomic E-state index is 0.464. The molecule has 0 spiro atoms. The molecule has 1 heterocycles. The number of thiazole rings is 1. The van der Waals surface area contributed by atoms with Gasteiger partial charge in [0.15, 0.2) is 0 Å². The Labute approximate surface area is 67.6 Å². The van der Waals surface area contributed by atoms with E-state index in [1.54, 1.807) is 16.8 Å². The van der Waals surface area contributed by atoms with Crippen LogP contribution < -0.4 is 0 Å². The summed E-state index contributed by atoms with van der Waals surface area (Å²) in [6.07, 6.45) is 0. The molecule has 0 bridgehead atoms. The second kappa shape index (κ2) is 3.40. The molecule has 0 aromatic carbocycles. The third-order valence-electron chi connectivity index (χ3n) is 0.973. The van der Waals surface area contributed by atoms with E-state index in [1.165, 1.54) is 0 Å². The highest BCUT2D eigenvalue weighted by atomic mass is 35.5. The lowest BCUT2D eigenvalue weighted by atomic mass is 10.4. The zero-order valence-corrected chi connectivity index (χ0v) is 6.93. The Morgan fingerprint density at radius 2 is 2.22 bits per heavy atom. The normalized spacial score (nSPS) is 10.0. The van der Waals surface area contributed by atoms with E-state index in [-0.39, 0.29) is 0 Å². The second-order valence-electron chi connectivity index (χ2n) is 1.49.